The van der Waals surface area contributed by atoms with Crippen LogP contribution in [0.15, 0.2) is 12.4 Å². The van der Waals surface area contributed by atoms with Gasteiger partial charge in [0.05, 0.1) is 6.10 Å². The van der Waals surface area contributed by atoms with Crippen molar-refractivity contribution in [2.75, 3.05) is 13.7 Å². The summed E-state index contributed by atoms with van der Waals surface area (Å²) >= 11 is 3.70. The van der Waals surface area contributed by atoms with Crippen molar-refractivity contribution < 1.29 is 4.74 Å². The maximum absolute atomic E-state index is 5.39. The van der Waals surface area contributed by atoms with Gasteiger partial charge in [0.2, 0.25) is 0 Å². The van der Waals surface area contributed by atoms with E-state index in [1.807, 2.05) is 13.3 Å². The van der Waals surface area contributed by atoms with Gasteiger partial charge in [-0.25, -0.2) is 0 Å². The summed E-state index contributed by atoms with van der Waals surface area (Å²) < 4.78 is 5.39. The molecule has 1 fully saturated rings. The molecule has 0 radical (unpaired) electrons. The zero-order valence-electron chi connectivity index (χ0n) is 9.16. The first-order valence-electron chi connectivity index (χ1n) is 5.65. The van der Waals surface area contributed by atoms with Crippen molar-refractivity contribution in [1.82, 2.24) is 10.2 Å². The first-order valence-corrected chi connectivity index (χ1v) is 6.57. The van der Waals surface area contributed by atoms with E-state index in [1.165, 1.54) is 25.7 Å². The Morgan fingerprint density at radius 2 is 2.07 bits per heavy atom. The topological polar surface area (TPSA) is 24.5 Å². The van der Waals surface area contributed by atoms with Crippen LogP contribution in [0.1, 0.15) is 25.7 Å². The van der Waals surface area contributed by atoms with E-state index in [9.17, 15) is 0 Å². The number of ether oxygens (including phenoxy) is 1. The van der Waals surface area contributed by atoms with Gasteiger partial charge >= 0.3 is 0 Å². The lowest BCUT2D eigenvalue weighted by Gasteiger charge is -2.40. The zero-order chi connectivity index (χ0) is 10.7. The average Bonchev–Trinajstić information content (AvgIpc) is 2.30. The molecule has 1 atom stereocenters. The molecule has 15 heavy (non-hydrogen) atoms. The molecule has 0 spiro atoms. The van der Waals surface area contributed by atoms with E-state index in [1.54, 1.807) is 0 Å². The third-order valence-corrected chi connectivity index (χ3v) is 4.17. The normalized spacial score (nSPS) is 36.4. The van der Waals surface area contributed by atoms with E-state index in [0.717, 1.165) is 6.54 Å². The molecular formula is C11H19BrN2O. The van der Waals surface area contributed by atoms with Crippen molar-refractivity contribution in [2.45, 2.75) is 42.8 Å². The van der Waals surface area contributed by atoms with Crippen LogP contribution in [0.4, 0.5) is 0 Å². The Morgan fingerprint density at radius 3 is 2.67 bits per heavy atom. The molecule has 0 aromatic rings. The summed E-state index contributed by atoms with van der Waals surface area (Å²) in [5.41, 5.74) is 0. The van der Waals surface area contributed by atoms with Crippen LogP contribution in [0.3, 0.4) is 0 Å². The van der Waals surface area contributed by atoms with Crippen LogP contribution in [0.2, 0.25) is 0 Å². The summed E-state index contributed by atoms with van der Waals surface area (Å²) in [6.45, 7) is 0.987. The maximum Gasteiger partial charge on any atom is 0.102 e. The van der Waals surface area contributed by atoms with Gasteiger partial charge in [-0.1, -0.05) is 15.9 Å². The molecule has 1 saturated carbocycles. The van der Waals surface area contributed by atoms with Crippen LogP contribution in [-0.4, -0.2) is 35.7 Å². The first kappa shape index (κ1) is 11.3. The molecule has 0 bridgehead atoms. The van der Waals surface area contributed by atoms with Crippen LogP contribution in [-0.2, 0) is 4.74 Å². The fourth-order valence-electron chi connectivity index (χ4n) is 2.43. The van der Waals surface area contributed by atoms with Crippen LogP contribution >= 0.6 is 15.9 Å². The molecule has 2 rings (SSSR count). The lowest BCUT2D eigenvalue weighted by Crippen LogP contribution is -2.45. The van der Waals surface area contributed by atoms with Crippen molar-refractivity contribution in [2.24, 2.45) is 0 Å². The number of rotatable bonds is 2. The largest absolute Gasteiger partial charge is 0.387 e. The van der Waals surface area contributed by atoms with Crippen molar-refractivity contribution in [1.29, 1.82) is 0 Å². The molecule has 86 valence electrons. The van der Waals surface area contributed by atoms with Crippen LogP contribution in [0.25, 0.3) is 0 Å². The first-order chi connectivity index (χ1) is 7.31. The standard InChI is InChI=1S/C11H19BrN2O/c1-15-10-4-2-9(3-5-10)14-7-6-13-8-11(14)12/h6-7,9-11,13H,2-5,8H2,1H3. The van der Waals surface area contributed by atoms with Crippen molar-refractivity contribution in [3.05, 3.63) is 12.4 Å². The van der Waals surface area contributed by atoms with Crippen LogP contribution < -0.4 is 5.32 Å². The minimum Gasteiger partial charge on any atom is -0.387 e. The highest BCUT2D eigenvalue weighted by Crippen LogP contribution is 2.28. The predicted octanol–water partition coefficient (Wildman–Crippen LogP) is 2.04. The quantitative estimate of drug-likeness (QED) is 0.616. The second kappa shape index (κ2) is 5.21. The minimum absolute atomic E-state index is 0.437. The Bertz CT molecular complexity index is 227. The van der Waals surface area contributed by atoms with Gasteiger partial charge in [-0.05, 0) is 25.7 Å². The molecule has 1 aliphatic carbocycles. The Balaban J connectivity index is 1.89. The van der Waals surface area contributed by atoms with E-state index in [0.29, 0.717) is 17.1 Å². The third-order valence-electron chi connectivity index (χ3n) is 3.37. The van der Waals surface area contributed by atoms with Crippen LogP contribution in [0.5, 0.6) is 0 Å². The van der Waals surface area contributed by atoms with E-state index < -0.39 is 0 Å². The van der Waals surface area contributed by atoms with Gasteiger partial charge in [0.25, 0.3) is 0 Å². The van der Waals surface area contributed by atoms with Crippen molar-refractivity contribution in [3.63, 3.8) is 0 Å². The molecule has 4 heteroatoms. The molecule has 3 nitrogen and oxygen atoms in total. The Labute approximate surface area is 100.0 Å². The Kier molecular flexibility index (Phi) is 3.92. The summed E-state index contributed by atoms with van der Waals surface area (Å²) in [5.74, 6) is 0. The number of hydrogen-bond donors (Lipinski definition) is 1. The minimum atomic E-state index is 0.437. The number of hydrogen-bond acceptors (Lipinski definition) is 3. The molecule has 2 aliphatic rings. The molecule has 0 amide bonds. The van der Waals surface area contributed by atoms with Gasteiger partial charge in [-0.15, -0.1) is 0 Å². The highest BCUT2D eigenvalue weighted by atomic mass is 79.9. The fourth-order valence-corrected chi connectivity index (χ4v) is 3.09. The molecule has 1 aliphatic heterocycles. The van der Waals surface area contributed by atoms with Gasteiger partial charge < -0.3 is 15.0 Å². The number of alkyl halides is 1. The number of methoxy groups -OCH3 is 1. The lowest BCUT2D eigenvalue weighted by atomic mass is 9.92. The summed E-state index contributed by atoms with van der Waals surface area (Å²) in [6.07, 6.45) is 9.57. The van der Waals surface area contributed by atoms with E-state index >= 15 is 0 Å². The summed E-state index contributed by atoms with van der Waals surface area (Å²) in [4.78, 5) is 2.87. The molecule has 0 saturated heterocycles. The molecule has 1 unspecified atom stereocenters. The zero-order valence-corrected chi connectivity index (χ0v) is 10.7. The second-order valence-corrected chi connectivity index (χ2v) is 5.33. The summed E-state index contributed by atoms with van der Waals surface area (Å²) in [6, 6.07) is 0.680. The number of nitrogens with zero attached hydrogens (tertiary/aromatic N) is 1. The second-order valence-electron chi connectivity index (χ2n) is 4.27. The molecule has 1 heterocycles. The molecule has 0 aromatic carbocycles. The molecule has 0 aromatic heterocycles. The van der Waals surface area contributed by atoms with Crippen molar-refractivity contribution in [3.8, 4) is 0 Å². The van der Waals surface area contributed by atoms with E-state index in [-0.39, 0.29) is 0 Å². The average molecular weight is 275 g/mol. The lowest BCUT2D eigenvalue weighted by molar-refractivity contribution is 0.0458. The molecular weight excluding hydrogens is 256 g/mol. The van der Waals surface area contributed by atoms with Gasteiger partial charge in [-0.3, -0.25) is 0 Å². The smallest absolute Gasteiger partial charge is 0.102 e. The van der Waals surface area contributed by atoms with Crippen molar-refractivity contribution >= 4 is 15.9 Å². The Hall–Kier alpha value is -0.220. The predicted molar refractivity (Wildman–Crippen MR) is 64.7 cm³/mol. The molecule has 1 N–H and O–H groups in total. The van der Waals surface area contributed by atoms with E-state index in [4.69, 9.17) is 4.74 Å². The summed E-state index contributed by atoms with van der Waals surface area (Å²) in [7, 11) is 1.82. The highest BCUT2D eigenvalue weighted by Gasteiger charge is 2.28. The number of nitrogens with one attached hydrogen (secondary N) is 1. The van der Waals surface area contributed by atoms with Crippen LogP contribution in [0, 0.1) is 0 Å². The third kappa shape index (κ3) is 2.67. The van der Waals surface area contributed by atoms with Gasteiger partial charge in [-0.2, -0.15) is 0 Å². The number of halogens is 1. The Morgan fingerprint density at radius 1 is 1.33 bits per heavy atom. The SMILES string of the molecule is COC1CCC(N2C=CNCC2Br)CC1. The summed E-state index contributed by atoms with van der Waals surface area (Å²) in [5, 5.41) is 3.23. The van der Waals surface area contributed by atoms with Gasteiger partial charge in [0.15, 0.2) is 0 Å². The van der Waals surface area contributed by atoms with E-state index in [2.05, 4.69) is 32.3 Å². The maximum atomic E-state index is 5.39. The highest BCUT2D eigenvalue weighted by molar-refractivity contribution is 9.09. The van der Waals surface area contributed by atoms with Gasteiger partial charge in [0, 0.05) is 32.1 Å². The van der Waals surface area contributed by atoms with Gasteiger partial charge in [0.1, 0.15) is 4.95 Å². The monoisotopic (exact) mass is 274 g/mol. The fraction of sp³-hybridized carbons (Fsp3) is 0.818.